The summed E-state index contributed by atoms with van der Waals surface area (Å²) in [5, 5.41) is 11.9. The number of benzene rings is 1. The van der Waals surface area contributed by atoms with Gasteiger partial charge in [0.1, 0.15) is 6.04 Å². The number of ether oxygens (including phenoxy) is 2. The summed E-state index contributed by atoms with van der Waals surface area (Å²) in [5.74, 6) is -0.109. The van der Waals surface area contributed by atoms with Gasteiger partial charge in [0.15, 0.2) is 0 Å². The lowest BCUT2D eigenvalue weighted by Crippen LogP contribution is -2.53. The average molecular weight is 445 g/mol. The number of methoxy groups -OCH3 is 2. The standard InChI is InChI=1S/C11H12BNO2.C11H20N2O4/c1-15-12(14)10-6-4-9(5-7-10)11-3-2-8-13-11;1-8(16-2)9(12-11(15)17-3)10(14)13-6-4-5-7-13/h2-8,13-14H,1H3;8-9H,4-7H2,1-3H3,(H,12,15). The van der Waals surface area contributed by atoms with Crippen LogP contribution in [0, 0.1) is 0 Å². The number of nitrogens with one attached hydrogen (secondary N) is 2. The number of carbonyl (C=O) groups is 2. The number of alkyl carbamates (subject to hydrolysis) is 1. The van der Waals surface area contributed by atoms with Crippen LogP contribution in [0.3, 0.4) is 0 Å². The lowest BCUT2D eigenvalue weighted by Gasteiger charge is -2.27. The highest BCUT2D eigenvalue weighted by atomic mass is 16.5. The number of amides is 2. The van der Waals surface area contributed by atoms with Gasteiger partial charge in [-0.1, -0.05) is 24.3 Å². The Hall–Kier alpha value is -2.82. The van der Waals surface area contributed by atoms with E-state index in [1.807, 2.05) is 42.6 Å². The second kappa shape index (κ2) is 12.9. The van der Waals surface area contributed by atoms with E-state index in [9.17, 15) is 14.6 Å². The van der Waals surface area contributed by atoms with Crippen molar-refractivity contribution in [3.8, 4) is 11.3 Å². The van der Waals surface area contributed by atoms with Crippen molar-refractivity contribution in [3.05, 3.63) is 42.6 Å². The van der Waals surface area contributed by atoms with Crippen molar-refractivity contribution in [1.29, 1.82) is 0 Å². The monoisotopic (exact) mass is 445 g/mol. The molecule has 1 aliphatic rings. The fourth-order valence-electron chi connectivity index (χ4n) is 3.31. The smallest absolute Gasteiger partial charge is 0.453 e. The third-order valence-electron chi connectivity index (χ3n) is 5.31. The Morgan fingerprint density at radius 1 is 1.12 bits per heavy atom. The van der Waals surface area contributed by atoms with Gasteiger partial charge in [0.05, 0.1) is 13.2 Å². The summed E-state index contributed by atoms with van der Waals surface area (Å²) >= 11 is 0. The van der Waals surface area contributed by atoms with Gasteiger partial charge in [-0.3, -0.25) is 4.79 Å². The van der Waals surface area contributed by atoms with Crippen molar-refractivity contribution in [2.75, 3.05) is 34.4 Å². The molecule has 2 heterocycles. The zero-order valence-electron chi connectivity index (χ0n) is 19.0. The van der Waals surface area contributed by atoms with Crippen LogP contribution in [0.1, 0.15) is 19.8 Å². The molecule has 1 fully saturated rings. The molecule has 0 radical (unpaired) electrons. The predicted octanol–water partition coefficient (Wildman–Crippen LogP) is 1.38. The third-order valence-corrected chi connectivity index (χ3v) is 5.31. The fourth-order valence-corrected chi connectivity index (χ4v) is 3.31. The van der Waals surface area contributed by atoms with Gasteiger partial charge >= 0.3 is 13.2 Å². The summed E-state index contributed by atoms with van der Waals surface area (Å²) in [7, 11) is 3.41. The van der Waals surface area contributed by atoms with E-state index in [4.69, 9.17) is 9.39 Å². The number of aromatic amines is 1. The molecule has 32 heavy (non-hydrogen) atoms. The normalized spacial score (nSPS) is 14.7. The molecule has 0 saturated carbocycles. The molecule has 1 saturated heterocycles. The largest absolute Gasteiger partial charge is 0.490 e. The van der Waals surface area contributed by atoms with Crippen LogP contribution < -0.4 is 10.8 Å². The zero-order valence-corrected chi connectivity index (χ0v) is 19.0. The first kappa shape index (κ1) is 25.4. The second-order valence-corrected chi connectivity index (χ2v) is 7.38. The summed E-state index contributed by atoms with van der Waals surface area (Å²) in [6, 6.07) is 10.9. The van der Waals surface area contributed by atoms with Gasteiger partial charge in [-0.05, 0) is 42.9 Å². The number of carbonyl (C=O) groups excluding carboxylic acids is 2. The Morgan fingerprint density at radius 3 is 2.28 bits per heavy atom. The van der Waals surface area contributed by atoms with Crippen LogP contribution in [0.5, 0.6) is 0 Å². The van der Waals surface area contributed by atoms with Crippen LogP contribution in [0.4, 0.5) is 4.79 Å². The predicted molar refractivity (Wildman–Crippen MR) is 122 cm³/mol. The molecule has 2 unspecified atom stereocenters. The third kappa shape index (κ3) is 7.11. The van der Waals surface area contributed by atoms with Gasteiger partial charge < -0.3 is 34.4 Å². The summed E-state index contributed by atoms with van der Waals surface area (Å²) in [6.07, 6.45) is 2.90. The first-order chi connectivity index (χ1) is 15.4. The highest BCUT2D eigenvalue weighted by molar-refractivity contribution is 6.59. The van der Waals surface area contributed by atoms with Gasteiger partial charge in [0, 0.05) is 39.2 Å². The molecule has 10 heteroatoms. The Bertz CT molecular complexity index is 825. The van der Waals surface area contributed by atoms with E-state index < -0.39 is 19.3 Å². The van der Waals surface area contributed by atoms with Gasteiger partial charge in [-0.2, -0.15) is 0 Å². The highest BCUT2D eigenvalue weighted by Gasteiger charge is 2.32. The molecule has 174 valence electrons. The van der Waals surface area contributed by atoms with E-state index in [-0.39, 0.29) is 12.0 Å². The van der Waals surface area contributed by atoms with Crippen LogP contribution in [0.25, 0.3) is 11.3 Å². The van der Waals surface area contributed by atoms with Crippen LogP contribution in [0.2, 0.25) is 0 Å². The maximum Gasteiger partial charge on any atom is 0.490 e. The average Bonchev–Trinajstić information content (AvgIpc) is 3.56. The van der Waals surface area contributed by atoms with Crippen molar-refractivity contribution in [2.24, 2.45) is 0 Å². The molecule has 3 N–H and O–H groups in total. The Kier molecular flexibility index (Phi) is 10.3. The van der Waals surface area contributed by atoms with Crippen LogP contribution >= 0.6 is 0 Å². The molecule has 2 atom stereocenters. The van der Waals surface area contributed by atoms with Crippen molar-refractivity contribution >= 4 is 24.6 Å². The zero-order chi connectivity index (χ0) is 23.5. The number of hydrogen-bond donors (Lipinski definition) is 3. The first-order valence-corrected chi connectivity index (χ1v) is 10.5. The van der Waals surface area contributed by atoms with E-state index in [0.29, 0.717) is 0 Å². The summed E-state index contributed by atoms with van der Waals surface area (Å²) in [4.78, 5) is 28.2. The minimum Gasteiger partial charge on any atom is -0.453 e. The van der Waals surface area contributed by atoms with E-state index in [1.54, 1.807) is 11.8 Å². The van der Waals surface area contributed by atoms with Crippen molar-refractivity contribution < 1.29 is 28.7 Å². The second-order valence-electron chi connectivity index (χ2n) is 7.38. The lowest BCUT2D eigenvalue weighted by atomic mass is 9.79. The molecular weight excluding hydrogens is 413 g/mol. The maximum atomic E-state index is 12.2. The Morgan fingerprint density at radius 2 is 1.78 bits per heavy atom. The van der Waals surface area contributed by atoms with Gasteiger partial charge in [-0.15, -0.1) is 0 Å². The van der Waals surface area contributed by atoms with Crippen LogP contribution in [0.15, 0.2) is 42.6 Å². The Balaban J connectivity index is 0.000000228. The first-order valence-electron chi connectivity index (χ1n) is 10.5. The highest BCUT2D eigenvalue weighted by Crippen LogP contribution is 2.15. The number of aromatic nitrogens is 1. The molecule has 9 nitrogen and oxygen atoms in total. The van der Waals surface area contributed by atoms with Crippen molar-refractivity contribution in [3.63, 3.8) is 0 Å². The van der Waals surface area contributed by atoms with Crippen molar-refractivity contribution in [2.45, 2.75) is 31.9 Å². The maximum absolute atomic E-state index is 12.2. The number of likely N-dealkylation sites (tertiary alicyclic amines) is 1. The number of rotatable bonds is 7. The van der Waals surface area contributed by atoms with E-state index >= 15 is 0 Å². The van der Waals surface area contributed by atoms with Crippen LogP contribution in [-0.4, -0.2) is 80.6 Å². The molecule has 0 spiro atoms. The topological polar surface area (TPSA) is 113 Å². The molecule has 2 aromatic rings. The number of hydrogen-bond acceptors (Lipinski definition) is 6. The molecule has 0 aliphatic carbocycles. The molecular formula is C22H32BN3O6. The van der Waals surface area contributed by atoms with Gasteiger partial charge in [0.25, 0.3) is 0 Å². The molecule has 1 aromatic heterocycles. The molecule has 3 rings (SSSR count). The lowest BCUT2D eigenvalue weighted by molar-refractivity contribution is -0.135. The molecule has 0 bridgehead atoms. The SMILES string of the molecule is COB(O)c1ccc(-c2ccc[nH]2)cc1.COC(=O)NC(C(=O)N1CCCC1)C(C)OC. The van der Waals surface area contributed by atoms with E-state index in [2.05, 4.69) is 15.0 Å². The number of nitrogens with zero attached hydrogens (tertiary/aromatic N) is 1. The van der Waals surface area contributed by atoms with E-state index in [1.165, 1.54) is 21.3 Å². The van der Waals surface area contributed by atoms with Gasteiger partial charge in [0.2, 0.25) is 5.91 Å². The summed E-state index contributed by atoms with van der Waals surface area (Å²) < 4.78 is 14.4. The van der Waals surface area contributed by atoms with Crippen LogP contribution in [-0.2, 0) is 18.9 Å². The van der Waals surface area contributed by atoms with Crippen molar-refractivity contribution in [1.82, 2.24) is 15.2 Å². The van der Waals surface area contributed by atoms with Gasteiger partial charge in [-0.25, -0.2) is 4.79 Å². The summed E-state index contributed by atoms with van der Waals surface area (Å²) in [5.41, 5.74) is 2.91. The fraction of sp³-hybridized carbons (Fsp3) is 0.455. The minimum absolute atomic E-state index is 0.109. The summed E-state index contributed by atoms with van der Waals surface area (Å²) in [6.45, 7) is 3.23. The van der Waals surface area contributed by atoms with E-state index in [0.717, 1.165) is 42.7 Å². The minimum atomic E-state index is -0.845. The molecule has 2 amide bonds. The Labute approximate surface area is 189 Å². The molecule has 1 aliphatic heterocycles. The number of H-pyrrole nitrogens is 1. The molecule has 1 aromatic carbocycles. The quantitative estimate of drug-likeness (QED) is 0.556.